The largest absolute Gasteiger partial charge is 0.394 e. The fourth-order valence-corrected chi connectivity index (χ4v) is 2.25. The Morgan fingerprint density at radius 3 is 2.87 bits per heavy atom. The highest BCUT2D eigenvalue weighted by atomic mass is 35.5. The van der Waals surface area contributed by atoms with E-state index in [2.05, 4.69) is 0 Å². The van der Waals surface area contributed by atoms with Gasteiger partial charge in [-0.25, -0.2) is 0 Å². The van der Waals surface area contributed by atoms with E-state index in [4.69, 9.17) is 22.4 Å². The maximum absolute atomic E-state index is 11.5. The Balaban J connectivity index is 2.55. The zero-order valence-corrected chi connectivity index (χ0v) is 9.88. The minimum Gasteiger partial charge on any atom is -0.394 e. The van der Waals surface area contributed by atoms with Gasteiger partial charge in [0, 0.05) is 11.9 Å². The van der Waals surface area contributed by atoms with Crippen molar-refractivity contribution in [2.24, 2.45) is 5.73 Å². The number of hydrogen-bond donors (Lipinski definition) is 2. The van der Waals surface area contributed by atoms with E-state index >= 15 is 0 Å². The van der Waals surface area contributed by atoms with Gasteiger partial charge < -0.3 is 15.7 Å². The molecule has 1 aromatic heterocycles. The lowest BCUT2D eigenvalue weighted by molar-refractivity contribution is -0.132. The molecule has 0 saturated heterocycles. The SMILES string of the molecule is CN(Cc1ccc(Cl)s1)C(=O)C(N)CO. The molecule has 0 aliphatic heterocycles. The summed E-state index contributed by atoms with van der Waals surface area (Å²) in [5.41, 5.74) is 5.41. The first kappa shape index (κ1) is 12.4. The average Bonchev–Trinajstić information content (AvgIpc) is 2.61. The summed E-state index contributed by atoms with van der Waals surface area (Å²) < 4.78 is 0.692. The van der Waals surface area contributed by atoms with Crippen molar-refractivity contribution in [3.63, 3.8) is 0 Å². The highest BCUT2D eigenvalue weighted by Gasteiger charge is 2.17. The van der Waals surface area contributed by atoms with Crippen LogP contribution in [0.3, 0.4) is 0 Å². The molecule has 1 rings (SSSR count). The monoisotopic (exact) mass is 248 g/mol. The number of aliphatic hydroxyl groups excluding tert-OH is 1. The van der Waals surface area contributed by atoms with Gasteiger partial charge in [0.15, 0.2) is 0 Å². The van der Waals surface area contributed by atoms with Gasteiger partial charge in [-0.3, -0.25) is 4.79 Å². The second kappa shape index (κ2) is 5.46. The molecule has 0 aromatic carbocycles. The van der Waals surface area contributed by atoms with Crippen LogP contribution < -0.4 is 5.73 Å². The summed E-state index contributed by atoms with van der Waals surface area (Å²) in [6.07, 6.45) is 0. The molecule has 1 amide bonds. The lowest BCUT2D eigenvalue weighted by Gasteiger charge is -2.19. The van der Waals surface area contributed by atoms with Crippen LogP contribution in [-0.4, -0.2) is 35.6 Å². The molecule has 6 heteroatoms. The van der Waals surface area contributed by atoms with Gasteiger partial charge in [0.25, 0.3) is 0 Å². The number of carbonyl (C=O) groups excluding carboxylic acids is 1. The first-order valence-electron chi connectivity index (χ1n) is 4.40. The Labute approximate surface area is 97.3 Å². The lowest BCUT2D eigenvalue weighted by Crippen LogP contribution is -2.43. The predicted octanol–water partition coefficient (Wildman–Crippen LogP) is 0.679. The van der Waals surface area contributed by atoms with Gasteiger partial charge >= 0.3 is 0 Å². The van der Waals surface area contributed by atoms with Crippen molar-refractivity contribution in [1.29, 1.82) is 0 Å². The van der Waals surface area contributed by atoms with Gasteiger partial charge in [0.05, 0.1) is 17.5 Å². The number of carbonyl (C=O) groups is 1. The number of nitrogens with two attached hydrogens (primary N) is 1. The number of hydrogen-bond acceptors (Lipinski definition) is 4. The maximum atomic E-state index is 11.5. The van der Waals surface area contributed by atoms with Gasteiger partial charge in [-0.15, -0.1) is 11.3 Å². The van der Waals surface area contributed by atoms with Crippen LogP contribution in [0.4, 0.5) is 0 Å². The molecule has 1 atom stereocenters. The molecule has 0 saturated carbocycles. The molecule has 0 bridgehead atoms. The van der Waals surface area contributed by atoms with Gasteiger partial charge in [0.2, 0.25) is 5.91 Å². The van der Waals surface area contributed by atoms with E-state index in [0.717, 1.165) is 4.88 Å². The molecule has 0 spiro atoms. The fourth-order valence-electron chi connectivity index (χ4n) is 1.11. The number of likely N-dealkylation sites (N-methyl/N-ethyl adjacent to an activating group) is 1. The summed E-state index contributed by atoms with van der Waals surface area (Å²) in [5, 5.41) is 8.73. The van der Waals surface area contributed by atoms with E-state index < -0.39 is 6.04 Å². The van der Waals surface area contributed by atoms with Crippen molar-refractivity contribution in [3.05, 3.63) is 21.3 Å². The van der Waals surface area contributed by atoms with Crippen LogP contribution in [0, 0.1) is 0 Å². The van der Waals surface area contributed by atoms with Crippen molar-refractivity contribution < 1.29 is 9.90 Å². The summed E-state index contributed by atoms with van der Waals surface area (Å²) in [6, 6.07) is 2.80. The molecular formula is C9H13ClN2O2S. The van der Waals surface area contributed by atoms with Gasteiger partial charge in [-0.1, -0.05) is 11.6 Å². The molecule has 4 nitrogen and oxygen atoms in total. The molecule has 0 aliphatic carbocycles. The van der Waals surface area contributed by atoms with Crippen molar-refractivity contribution >= 4 is 28.8 Å². The predicted molar refractivity (Wildman–Crippen MR) is 60.9 cm³/mol. The van der Waals surface area contributed by atoms with E-state index in [9.17, 15) is 4.79 Å². The number of amides is 1. The van der Waals surface area contributed by atoms with Crippen LogP contribution in [0.1, 0.15) is 4.88 Å². The highest BCUT2D eigenvalue weighted by Crippen LogP contribution is 2.22. The lowest BCUT2D eigenvalue weighted by atomic mass is 10.3. The van der Waals surface area contributed by atoms with E-state index in [1.54, 1.807) is 13.1 Å². The van der Waals surface area contributed by atoms with Crippen molar-refractivity contribution in [1.82, 2.24) is 4.90 Å². The number of nitrogens with zero attached hydrogens (tertiary/aromatic N) is 1. The average molecular weight is 249 g/mol. The van der Waals surface area contributed by atoms with Crippen LogP contribution in [0.25, 0.3) is 0 Å². The molecule has 1 aromatic rings. The zero-order chi connectivity index (χ0) is 11.4. The first-order valence-corrected chi connectivity index (χ1v) is 5.59. The smallest absolute Gasteiger partial charge is 0.241 e. The molecule has 1 heterocycles. The Hall–Kier alpha value is -0.620. The minimum atomic E-state index is -0.842. The quantitative estimate of drug-likeness (QED) is 0.824. The van der Waals surface area contributed by atoms with Crippen molar-refractivity contribution in [3.8, 4) is 0 Å². The van der Waals surface area contributed by atoms with E-state index in [1.165, 1.54) is 16.2 Å². The summed E-state index contributed by atoms with van der Waals surface area (Å²) in [6.45, 7) is 0.123. The maximum Gasteiger partial charge on any atom is 0.241 e. The molecule has 0 aliphatic rings. The topological polar surface area (TPSA) is 66.6 Å². The highest BCUT2D eigenvalue weighted by molar-refractivity contribution is 7.16. The molecule has 84 valence electrons. The fraction of sp³-hybridized carbons (Fsp3) is 0.444. The Kier molecular flexibility index (Phi) is 4.53. The van der Waals surface area contributed by atoms with Crippen LogP contribution in [-0.2, 0) is 11.3 Å². The number of rotatable bonds is 4. The molecule has 15 heavy (non-hydrogen) atoms. The number of halogens is 1. The third-order valence-electron chi connectivity index (χ3n) is 1.91. The molecular weight excluding hydrogens is 236 g/mol. The number of aliphatic hydroxyl groups is 1. The molecule has 0 fully saturated rings. The van der Waals surface area contributed by atoms with Crippen LogP contribution in [0.5, 0.6) is 0 Å². The minimum absolute atomic E-state index is 0.276. The summed E-state index contributed by atoms with van der Waals surface area (Å²) in [7, 11) is 1.64. The van der Waals surface area contributed by atoms with Crippen molar-refractivity contribution in [2.45, 2.75) is 12.6 Å². The Bertz CT molecular complexity index is 343. The van der Waals surface area contributed by atoms with Crippen LogP contribution in [0.2, 0.25) is 4.34 Å². The second-order valence-electron chi connectivity index (χ2n) is 3.19. The van der Waals surface area contributed by atoms with Crippen molar-refractivity contribution in [2.75, 3.05) is 13.7 Å². The third kappa shape index (κ3) is 3.46. The standard InChI is InChI=1S/C9H13ClN2O2S/c1-12(9(14)7(11)5-13)4-6-2-3-8(10)15-6/h2-3,7,13H,4-5,11H2,1H3. The zero-order valence-electron chi connectivity index (χ0n) is 8.31. The van der Waals surface area contributed by atoms with E-state index in [-0.39, 0.29) is 12.5 Å². The Morgan fingerprint density at radius 2 is 2.40 bits per heavy atom. The molecule has 3 N–H and O–H groups in total. The molecule has 1 unspecified atom stereocenters. The third-order valence-corrected chi connectivity index (χ3v) is 3.13. The summed E-state index contributed by atoms with van der Waals surface area (Å²) >= 11 is 7.18. The summed E-state index contributed by atoms with van der Waals surface area (Å²) in [5.74, 6) is -0.276. The Morgan fingerprint density at radius 1 is 1.73 bits per heavy atom. The van der Waals surface area contributed by atoms with Crippen LogP contribution in [0.15, 0.2) is 12.1 Å². The summed E-state index contributed by atoms with van der Waals surface area (Å²) in [4.78, 5) is 14.0. The van der Waals surface area contributed by atoms with E-state index in [1.807, 2.05) is 6.07 Å². The van der Waals surface area contributed by atoms with Crippen LogP contribution >= 0.6 is 22.9 Å². The van der Waals surface area contributed by atoms with Gasteiger partial charge in [-0.05, 0) is 12.1 Å². The number of thiophene rings is 1. The normalized spacial score (nSPS) is 12.5. The first-order chi connectivity index (χ1) is 7.04. The molecule has 0 radical (unpaired) electrons. The van der Waals surface area contributed by atoms with Gasteiger partial charge in [-0.2, -0.15) is 0 Å². The van der Waals surface area contributed by atoms with Gasteiger partial charge in [0.1, 0.15) is 6.04 Å². The van der Waals surface area contributed by atoms with E-state index in [0.29, 0.717) is 10.9 Å². The second-order valence-corrected chi connectivity index (χ2v) is 4.99.